The predicted octanol–water partition coefficient (Wildman–Crippen LogP) is 0.809. The van der Waals surface area contributed by atoms with Gasteiger partial charge < -0.3 is 5.11 Å². The van der Waals surface area contributed by atoms with Crippen molar-refractivity contribution in [3.05, 3.63) is 0 Å². The minimum atomic E-state index is -3.65. The van der Waals surface area contributed by atoms with E-state index in [-0.39, 0.29) is 12.8 Å². The molecule has 0 amide bonds. The van der Waals surface area contributed by atoms with Gasteiger partial charge in [0.1, 0.15) is 0 Å². The monoisotopic (exact) mass is 247 g/mol. The van der Waals surface area contributed by atoms with Crippen LogP contribution in [0.4, 0.5) is 0 Å². The molecule has 1 aliphatic heterocycles. The Morgan fingerprint density at radius 1 is 1.06 bits per heavy atom. The van der Waals surface area contributed by atoms with Gasteiger partial charge in [0.2, 0.25) is 10.0 Å². The molecule has 16 heavy (non-hydrogen) atoms. The molecule has 1 saturated carbocycles. The highest BCUT2D eigenvalue weighted by atomic mass is 32.2. The number of hydrogen-bond acceptors (Lipinski definition) is 3. The minimum Gasteiger partial charge on any atom is -0.480 e. The van der Waals surface area contributed by atoms with Crippen LogP contribution in [-0.4, -0.2) is 41.6 Å². The number of sulfonamides is 1. The summed E-state index contributed by atoms with van der Waals surface area (Å²) in [7, 11) is -3.65. The molecule has 1 saturated heterocycles. The van der Waals surface area contributed by atoms with Crippen molar-refractivity contribution in [2.24, 2.45) is 0 Å². The summed E-state index contributed by atoms with van der Waals surface area (Å²) in [6.07, 6.45) is 3.69. The van der Waals surface area contributed by atoms with Crippen molar-refractivity contribution in [3.8, 4) is 0 Å². The molecule has 0 atom stereocenters. The normalized spacial score (nSPS) is 26.0. The third kappa shape index (κ3) is 1.55. The van der Waals surface area contributed by atoms with Gasteiger partial charge in [0.15, 0.2) is 4.75 Å². The lowest BCUT2D eigenvalue weighted by Crippen LogP contribution is -2.57. The van der Waals surface area contributed by atoms with E-state index < -0.39 is 20.7 Å². The Morgan fingerprint density at radius 3 is 2.00 bits per heavy atom. The van der Waals surface area contributed by atoms with Crippen LogP contribution in [0.1, 0.15) is 38.5 Å². The van der Waals surface area contributed by atoms with Gasteiger partial charge in [-0.1, -0.05) is 19.3 Å². The molecular weight excluding hydrogens is 230 g/mol. The standard InChI is InChI=1S/C10H17NO4S/c12-9(13)10(5-2-1-3-6-10)16(14,15)11-7-4-8-11/h1-8H2,(H,12,13). The van der Waals surface area contributed by atoms with E-state index in [4.69, 9.17) is 0 Å². The van der Waals surface area contributed by atoms with E-state index in [0.29, 0.717) is 25.9 Å². The quantitative estimate of drug-likeness (QED) is 0.800. The van der Waals surface area contributed by atoms with Gasteiger partial charge in [-0.25, -0.2) is 12.7 Å². The van der Waals surface area contributed by atoms with Crippen LogP contribution >= 0.6 is 0 Å². The van der Waals surface area contributed by atoms with Gasteiger partial charge in [-0.3, -0.25) is 4.79 Å². The summed E-state index contributed by atoms with van der Waals surface area (Å²) in [4.78, 5) is 11.4. The van der Waals surface area contributed by atoms with E-state index in [0.717, 1.165) is 12.8 Å². The Hall–Kier alpha value is -0.620. The fourth-order valence-corrected chi connectivity index (χ4v) is 4.74. The molecule has 2 aliphatic rings. The number of carbonyl (C=O) groups is 1. The summed E-state index contributed by atoms with van der Waals surface area (Å²) in [5.41, 5.74) is 0. The molecule has 1 aliphatic carbocycles. The maximum absolute atomic E-state index is 12.3. The Morgan fingerprint density at radius 2 is 1.62 bits per heavy atom. The molecule has 5 nitrogen and oxygen atoms in total. The zero-order valence-electron chi connectivity index (χ0n) is 9.18. The van der Waals surface area contributed by atoms with Crippen molar-refractivity contribution in [2.45, 2.75) is 43.3 Å². The van der Waals surface area contributed by atoms with Gasteiger partial charge in [0.05, 0.1) is 0 Å². The average Bonchev–Trinajstić information content (AvgIpc) is 2.15. The Bertz CT molecular complexity index is 380. The molecule has 6 heteroatoms. The highest BCUT2D eigenvalue weighted by molar-refractivity contribution is 7.91. The first-order valence-electron chi connectivity index (χ1n) is 5.74. The molecule has 0 unspecified atom stereocenters. The van der Waals surface area contributed by atoms with E-state index in [1.807, 2.05) is 0 Å². The van der Waals surface area contributed by atoms with Crippen LogP contribution in [0.3, 0.4) is 0 Å². The van der Waals surface area contributed by atoms with Gasteiger partial charge in [0.25, 0.3) is 0 Å². The number of rotatable bonds is 3. The van der Waals surface area contributed by atoms with Crippen LogP contribution in [-0.2, 0) is 14.8 Å². The molecule has 0 bridgehead atoms. The van der Waals surface area contributed by atoms with E-state index in [1.165, 1.54) is 4.31 Å². The lowest BCUT2D eigenvalue weighted by atomic mass is 9.88. The van der Waals surface area contributed by atoms with Gasteiger partial charge in [-0.05, 0) is 19.3 Å². The molecule has 2 rings (SSSR count). The number of nitrogens with zero attached hydrogens (tertiary/aromatic N) is 1. The second kappa shape index (κ2) is 4.00. The number of carboxylic acid groups (broad SMARTS) is 1. The third-order valence-electron chi connectivity index (χ3n) is 3.70. The van der Waals surface area contributed by atoms with E-state index in [1.54, 1.807) is 0 Å². The lowest BCUT2D eigenvalue weighted by Gasteiger charge is -2.40. The average molecular weight is 247 g/mol. The molecule has 0 aromatic heterocycles. The molecule has 0 radical (unpaired) electrons. The topological polar surface area (TPSA) is 74.7 Å². The SMILES string of the molecule is O=C(O)C1(S(=O)(=O)N2CCC2)CCCCC1. The van der Waals surface area contributed by atoms with Crippen molar-refractivity contribution >= 4 is 16.0 Å². The molecule has 0 aromatic carbocycles. The zero-order chi connectivity index (χ0) is 11.8. The maximum atomic E-state index is 12.3. The van der Waals surface area contributed by atoms with Crippen molar-refractivity contribution < 1.29 is 18.3 Å². The first-order valence-corrected chi connectivity index (χ1v) is 7.18. The van der Waals surface area contributed by atoms with E-state index in [9.17, 15) is 18.3 Å². The number of carboxylic acids is 1. The third-order valence-corrected chi connectivity index (χ3v) is 6.32. The molecule has 1 heterocycles. The van der Waals surface area contributed by atoms with Crippen molar-refractivity contribution in [3.63, 3.8) is 0 Å². The summed E-state index contributed by atoms with van der Waals surface area (Å²) in [5.74, 6) is -1.17. The van der Waals surface area contributed by atoms with Crippen LogP contribution in [0.5, 0.6) is 0 Å². The molecule has 2 fully saturated rings. The van der Waals surface area contributed by atoms with Gasteiger partial charge in [0, 0.05) is 13.1 Å². The minimum absolute atomic E-state index is 0.265. The highest BCUT2D eigenvalue weighted by Gasteiger charge is 2.54. The molecule has 1 N–H and O–H groups in total. The smallest absolute Gasteiger partial charge is 0.326 e. The Labute approximate surface area is 95.5 Å². The van der Waals surface area contributed by atoms with Crippen LogP contribution in [0, 0.1) is 0 Å². The molecule has 0 aromatic rings. The van der Waals surface area contributed by atoms with Gasteiger partial charge in [-0.2, -0.15) is 0 Å². The summed E-state index contributed by atoms with van der Waals surface area (Å²) in [6, 6.07) is 0. The fraction of sp³-hybridized carbons (Fsp3) is 0.900. The summed E-state index contributed by atoms with van der Waals surface area (Å²) >= 11 is 0. The second-order valence-corrected chi connectivity index (χ2v) is 6.87. The Balaban J connectivity index is 2.34. The van der Waals surface area contributed by atoms with Gasteiger partial charge >= 0.3 is 5.97 Å². The summed E-state index contributed by atoms with van der Waals surface area (Å²) < 4.78 is 24.3. The van der Waals surface area contributed by atoms with Crippen molar-refractivity contribution in [1.29, 1.82) is 0 Å². The number of aliphatic carboxylic acids is 1. The molecular formula is C10H17NO4S. The van der Waals surface area contributed by atoms with E-state index in [2.05, 4.69) is 0 Å². The van der Waals surface area contributed by atoms with Crippen LogP contribution in [0.25, 0.3) is 0 Å². The predicted molar refractivity (Wildman–Crippen MR) is 58.6 cm³/mol. The van der Waals surface area contributed by atoms with Crippen molar-refractivity contribution in [1.82, 2.24) is 4.31 Å². The van der Waals surface area contributed by atoms with Crippen LogP contribution in [0.2, 0.25) is 0 Å². The van der Waals surface area contributed by atoms with Crippen LogP contribution < -0.4 is 0 Å². The highest BCUT2D eigenvalue weighted by Crippen LogP contribution is 2.38. The molecule has 92 valence electrons. The first-order chi connectivity index (χ1) is 7.51. The zero-order valence-corrected chi connectivity index (χ0v) is 10.0. The Kier molecular flexibility index (Phi) is 2.96. The first kappa shape index (κ1) is 11.9. The maximum Gasteiger partial charge on any atom is 0.326 e. The summed E-state index contributed by atoms with van der Waals surface area (Å²) in [6.45, 7) is 0.967. The van der Waals surface area contributed by atoms with Gasteiger partial charge in [-0.15, -0.1) is 0 Å². The largest absolute Gasteiger partial charge is 0.480 e. The molecule has 0 spiro atoms. The van der Waals surface area contributed by atoms with Crippen molar-refractivity contribution in [2.75, 3.05) is 13.1 Å². The van der Waals surface area contributed by atoms with Crippen LogP contribution in [0.15, 0.2) is 0 Å². The second-order valence-electron chi connectivity index (χ2n) is 4.62. The fourth-order valence-electron chi connectivity index (χ4n) is 2.48. The number of hydrogen-bond donors (Lipinski definition) is 1. The van der Waals surface area contributed by atoms with E-state index >= 15 is 0 Å². The lowest BCUT2D eigenvalue weighted by molar-refractivity contribution is -0.141. The summed E-state index contributed by atoms with van der Waals surface area (Å²) in [5, 5.41) is 9.29.